The lowest BCUT2D eigenvalue weighted by molar-refractivity contribution is 0.107. The minimum atomic E-state index is 0.124. The lowest BCUT2D eigenvalue weighted by Gasteiger charge is -1.92. The van der Waals surface area contributed by atoms with Crippen LogP contribution in [0.25, 0.3) is 0 Å². The molecule has 0 atom stereocenters. The first-order valence-corrected chi connectivity index (χ1v) is 4.06. The fourth-order valence-corrected chi connectivity index (χ4v) is 1.61. The van der Waals surface area contributed by atoms with Gasteiger partial charge in [0.1, 0.15) is 5.68 Å². The topological polar surface area (TPSA) is 17.1 Å². The van der Waals surface area contributed by atoms with E-state index in [2.05, 4.69) is 0 Å². The van der Waals surface area contributed by atoms with Crippen LogP contribution < -0.4 is 0 Å². The van der Waals surface area contributed by atoms with E-state index in [0.29, 0.717) is 0 Å². The molecule has 1 aromatic heterocycles. The third kappa shape index (κ3) is 1.29. The maximum Gasteiger partial charge on any atom is 0.205 e. The lowest BCUT2D eigenvalue weighted by atomic mass is 9.73. The predicted molar refractivity (Wildman–Crippen MR) is 45.0 cm³/mol. The van der Waals surface area contributed by atoms with E-state index in [-0.39, 0.29) is 5.68 Å². The van der Waals surface area contributed by atoms with Crippen molar-refractivity contribution in [2.45, 2.75) is 13.7 Å². The fraction of sp³-hybridized carbons (Fsp3) is 0.286. The molecule has 10 heavy (non-hydrogen) atoms. The second-order valence-corrected chi connectivity index (χ2v) is 2.86. The number of hydrogen-bond donors (Lipinski definition) is 0. The number of thiophene rings is 1. The molecule has 0 aliphatic rings. The van der Waals surface area contributed by atoms with E-state index >= 15 is 0 Å². The Hall–Kier alpha value is -0.565. The molecule has 0 bridgehead atoms. The van der Waals surface area contributed by atoms with Gasteiger partial charge in [0.15, 0.2) is 0 Å². The first-order valence-electron chi connectivity index (χ1n) is 3.12. The molecule has 1 nitrogen and oxygen atoms in total. The third-order valence-electron chi connectivity index (χ3n) is 1.38. The highest BCUT2D eigenvalue weighted by Gasteiger charge is 2.06. The summed E-state index contributed by atoms with van der Waals surface area (Å²) in [7, 11) is 1.59. The maximum absolute atomic E-state index is 11.0. The van der Waals surface area contributed by atoms with Crippen molar-refractivity contribution in [1.82, 2.24) is 0 Å². The van der Waals surface area contributed by atoms with Crippen LogP contribution in [-0.2, 0) is 0 Å². The molecule has 1 aromatic rings. The van der Waals surface area contributed by atoms with Crippen LogP contribution in [0.4, 0.5) is 0 Å². The standard InChI is InChI=1S/C7H8BOS/c1-5-3-10-4-6(5)7(9)8-2/h3-4H,1-2H3. The summed E-state index contributed by atoms with van der Waals surface area (Å²) in [6.07, 6.45) is 0. The van der Waals surface area contributed by atoms with E-state index in [0.717, 1.165) is 11.1 Å². The molecule has 0 saturated heterocycles. The monoisotopic (exact) mass is 151 g/mol. The van der Waals surface area contributed by atoms with Gasteiger partial charge in [0.25, 0.3) is 0 Å². The van der Waals surface area contributed by atoms with Crippen LogP contribution in [0.5, 0.6) is 0 Å². The third-order valence-corrected chi connectivity index (χ3v) is 2.24. The van der Waals surface area contributed by atoms with Crippen molar-refractivity contribution < 1.29 is 4.79 Å². The van der Waals surface area contributed by atoms with Gasteiger partial charge in [0.05, 0.1) is 0 Å². The normalized spacial score (nSPS) is 9.40. The van der Waals surface area contributed by atoms with E-state index in [1.807, 2.05) is 17.7 Å². The van der Waals surface area contributed by atoms with Crippen LogP contribution in [0, 0.1) is 6.92 Å². The Morgan fingerprint density at radius 3 is 2.70 bits per heavy atom. The largest absolute Gasteiger partial charge is 0.307 e. The van der Waals surface area contributed by atoms with Crippen LogP contribution in [-0.4, -0.2) is 13.0 Å². The molecule has 0 spiro atoms. The van der Waals surface area contributed by atoms with Crippen molar-refractivity contribution in [3.05, 3.63) is 21.9 Å². The molecule has 51 valence electrons. The van der Waals surface area contributed by atoms with Crippen molar-refractivity contribution >= 4 is 24.3 Å². The molecule has 0 N–H and O–H groups in total. The van der Waals surface area contributed by atoms with Gasteiger partial charge in [-0.3, -0.25) is 0 Å². The molecule has 0 aromatic carbocycles. The van der Waals surface area contributed by atoms with E-state index in [1.165, 1.54) is 0 Å². The van der Waals surface area contributed by atoms with Gasteiger partial charge in [0.2, 0.25) is 7.28 Å². The second-order valence-electron chi connectivity index (χ2n) is 2.12. The van der Waals surface area contributed by atoms with Gasteiger partial charge in [-0.05, 0) is 17.9 Å². The second kappa shape index (κ2) is 3.02. The Morgan fingerprint density at radius 1 is 1.60 bits per heavy atom. The van der Waals surface area contributed by atoms with Gasteiger partial charge in [-0.15, -0.1) is 0 Å². The number of aryl methyl sites for hydroxylation is 1. The van der Waals surface area contributed by atoms with E-state index < -0.39 is 0 Å². The van der Waals surface area contributed by atoms with Gasteiger partial charge in [-0.25, -0.2) is 0 Å². The zero-order valence-electron chi connectivity index (χ0n) is 6.05. The summed E-state index contributed by atoms with van der Waals surface area (Å²) >= 11 is 1.57. The molecule has 0 saturated carbocycles. The van der Waals surface area contributed by atoms with Gasteiger partial charge in [0, 0.05) is 10.9 Å². The Balaban J connectivity index is 2.93. The van der Waals surface area contributed by atoms with Crippen LogP contribution >= 0.6 is 11.3 Å². The van der Waals surface area contributed by atoms with Crippen molar-refractivity contribution in [3.8, 4) is 0 Å². The first kappa shape index (κ1) is 7.54. The summed E-state index contributed by atoms with van der Waals surface area (Å²) in [5, 5.41) is 3.87. The zero-order valence-corrected chi connectivity index (χ0v) is 6.87. The van der Waals surface area contributed by atoms with Crippen molar-refractivity contribution in [1.29, 1.82) is 0 Å². The number of carbonyl (C=O) groups excluding carboxylic acids is 1. The summed E-state index contributed by atoms with van der Waals surface area (Å²) in [4.78, 5) is 11.0. The number of rotatable bonds is 2. The van der Waals surface area contributed by atoms with Crippen LogP contribution in [0.15, 0.2) is 10.8 Å². The average molecular weight is 151 g/mol. The molecule has 0 unspecified atom stereocenters. The Morgan fingerprint density at radius 2 is 2.30 bits per heavy atom. The summed E-state index contributed by atoms with van der Waals surface area (Å²) in [5.41, 5.74) is 2.04. The van der Waals surface area contributed by atoms with Crippen molar-refractivity contribution in [3.63, 3.8) is 0 Å². The maximum atomic E-state index is 11.0. The highest BCUT2D eigenvalue weighted by Crippen LogP contribution is 2.13. The number of carbonyl (C=O) groups is 1. The van der Waals surface area contributed by atoms with Gasteiger partial charge in [-0.2, -0.15) is 11.3 Å². The zero-order chi connectivity index (χ0) is 7.56. The Bertz CT molecular complexity index is 242. The van der Waals surface area contributed by atoms with Crippen molar-refractivity contribution in [2.75, 3.05) is 0 Å². The summed E-state index contributed by atoms with van der Waals surface area (Å²) < 4.78 is 0. The molecule has 0 amide bonds. The quantitative estimate of drug-likeness (QED) is 0.590. The van der Waals surface area contributed by atoms with Gasteiger partial charge < -0.3 is 4.79 Å². The lowest BCUT2D eigenvalue weighted by Crippen LogP contribution is -2.04. The minimum Gasteiger partial charge on any atom is -0.307 e. The average Bonchev–Trinajstić information content (AvgIpc) is 2.34. The predicted octanol–water partition coefficient (Wildman–Crippen LogP) is 1.95. The molecule has 0 aliphatic carbocycles. The smallest absolute Gasteiger partial charge is 0.205 e. The SMILES string of the molecule is C[B]C(=O)c1cscc1C. The molecule has 1 radical (unpaired) electrons. The molecule has 0 fully saturated rings. The van der Waals surface area contributed by atoms with Crippen LogP contribution in [0.1, 0.15) is 15.9 Å². The summed E-state index contributed by atoms with van der Waals surface area (Å²) in [5.74, 6) is 0. The van der Waals surface area contributed by atoms with Crippen LogP contribution in [0.2, 0.25) is 6.82 Å². The van der Waals surface area contributed by atoms with E-state index in [9.17, 15) is 4.79 Å². The summed E-state index contributed by atoms with van der Waals surface area (Å²) in [6.45, 7) is 3.71. The Labute approximate surface area is 65.3 Å². The number of hydrogen-bond acceptors (Lipinski definition) is 2. The molecule has 1 rings (SSSR count). The fourth-order valence-electron chi connectivity index (χ4n) is 0.768. The summed E-state index contributed by atoms with van der Waals surface area (Å²) in [6, 6.07) is 0. The molecule has 3 heteroatoms. The first-order chi connectivity index (χ1) is 4.75. The molecular formula is C7H8BOS. The molecular weight excluding hydrogens is 143 g/mol. The highest BCUT2D eigenvalue weighted by atomic mass is 32.1. The minimum absolute atomic E-state index is 0.124. The molecule has 1 heterocycles. The van der Waals surface area contributed by atoms with Gasteiger partial charge in [-0.1, -0.05) is 6.82 Å². The van der Waals surface area contributed by atoms with Gasteiger partial charge >= 0.3 is 0 Å². The van der Waals surface area contributed by atoms with Crippen molar-refractivity contribution in [2.24, 2.45) is 0 Å². The van der Waals surface area contributed by atoms with E-state index in [1.54, 1.807) is 25.4 Å². The van der Waals surface area contributed by atoms with Crippen LogP contribution in [0.3, 0.4) is 0 Å². The molecule has 0 aliphatic heterocycles. The Kier molecular flexibility index (Phi) is 2.27. The van der Waals surface area contributed by atoms with E-state index in [4.69, 9.17) is 0 Å². The highest BCUT2D eigenvalue weighted by molar-refractivity contribution is 7.08.